The van der Waals surface area contributed by atoms with Crippen LogP contribution in [0.3, 0.4) is 0 Å². The minimum Gasteiger partial charge on any atom is -0.485 e. The highest BCUT2D eigenvalue weighted by Gasteiger charge is 2.27. The maximum absolute atomic E-state index is 11.7. The number of esters is 1. The van der Waals surface area contributed by atoms with E-state index in [1.54, 1.807) is 12.1 Å². The van der Waals surface area contributed by atoms with E-state index in [-0.39, 0.29) is 12.1 Å². The van der Waals surface area contributed by atoms with Crippen LogP contribution in [0.5, 0.6) is 5.75 Å². The topological polar surface area (TPSA) is 57.1 Å². The SMILES string of the molecule is CON=C1C[C@H](c2cccc(C(=O)OC)c2)Oc2ccccc21. The van der Waals surface area contributed by atoms with Crippen molar-refractivity contribution >= 4 is 11.7 Å². The molecule has 0 radical (unpaired) electrons. The molecule has 0 unspecified atom stereocenters. The van der Waals surface area contributed by atoms with Gasteiger partial charge in [-0.25, -0.2) is 4.79 Å². The van der Waals surface area contributed by atoms with Crippen LogP contribution < -0.4 is 4.74 Å². The fourth-order valence-electron chi connectivity index (χ4n) is 2.65. The van der Waals surface area contributed by atoms with E-state index in [1.165, 1.54) is 14.2 Å². The standard InChI is InChI=1S/C18H17NO4/c1-21-18(20)13-7-5-6-12(10-13)17-11-15(19-22-2)14-8-3-4-9-16(14)23-17/h3-10,17H,11H2,1-2H3/t17-/m1/s1. The summed E-state index contributed by atoms with van der Waals surface area (Å²) in [7, 11) is 2.89. The van der Waals surface area contributed by atoms with Crippen molar-refractivity contribution in [3.8, 4) is 5.75 Å². The first-order valence-corrected chi connectivity index (χ1v) is 7.27. The number of rotatable bonds is 3. The summed E-state index contributed by atoms with van der Waals surface area (Å²) >= 11 is 0. The van der Waals surface area contributed by atoms with Gasteiger partial charge < -0.3 is 14.3 Å². The molecule has 0 bridgehead atoms. The third-order valence-electron chi connectivity index (χ3n) is 3.73. The third kappa shape index (κ3) is 3.04. The molecule has 118 valence electrons. The van der Waals surface area contributed by atoms with E-state index in [1.807, 2.05) is 36.4 Å². The lowest BCUT2D eigenvalue weighted by Crippen LogP contribution is -2.21. The van der Waals surface area contributed by atoms with Gasteiger partial charge in [-0.3, -0.25) is 0 Å². The Hall–Kier alpha value is -2.82. The van der Waals surface area contributed by atoms with Crippen LogP contribution in [0.2, 0.25) is 0 Å². The van der Waals surface area contributed by atoms with E-state index in [2.05, 4.69) is 5.16 Å². The number of carbonyl (C=O) groups excluding carboxylic acids is 1. The van der Waals surface area contributed by atoms with Crippen molar-refractivity contribution in [2.75, 3.05) is 14.2 Å². The first-order valence-electron chi connectivity index (χ1n) is 7.27. The lowest BCUT2D eigenvalue weighted by Gasteiger charge is -2.27. The van der Waals surface area contributed by atoms with Crippen LogP contribution in [-0.2, 0) is 9.57 Å². The number of hydrogen-bond acceptors (Lipinski definition) is 5. The number of nitrogens with zero attached hydrogens (tertiary/aromatic N) is 1. The molecule has 23 heavy (non-hydrogen) atoms. The third-order valence-corrected chi connectivity index (χ3v) is 3.73. The van der Waals surface area contributed by atoms with Gasteiger partial charge in [0.2, 0.25) is 0 Å². The molecule has 2 aromatic rings. The van der Waals surface area contributed by atoms with Crippen LogP contribution in [-0.4, -0.2) is 25.9 Å². The highest BCUT2D eigenvalue weighted by atomic mass is 16.6. The molecule has 5 heteroatoms. The number of hydrogen-bond donors (Lipinski definition) is 0. The molecule has 2 aromatic carbocycles. The molecule has 1 heterocycles. The Kier molecular flexibility index (Phi) is 4.28. The number of ether oxygens (including phenoxy) is 2. The Morgan fingerprint density at radius 3 is 2.78 bits per heavy atom. The number of benzene rings is 2. The minimum absolute atomic E-state index is 0.233. The van der Waals surface area contributed by atoms with E-state index < -0.39 is 0 Å². The van der Waals surface area contributed by atoms with Gasteiger partial charge in [-0.15, -0.1) is 0 Å². The number of para-hydroxylation sites is 1. The second kappa shape index (κ2) is 6.52. The van der Waals surface area contributed by atoms with Gasteiger partial charge in [-0.05, 0) is 29.8 Å². The Labute approximate surface area is 134 Å². The summed E-state index contributed by atoms with van der Waals surface area (Å²) in [6.07, 6.45) is 0.332. The summed E-state index contributed by atoms with van der Waals surface area (Å²) in [5.41, 5.74) is 3.14. The molecular weight excluding hydrogens is 294 g/mol. The summed E-state index contributed by atoms with van der Waals surface area (Å²) < 4.78 is 10.8. The molecule has 1 aliphatic heterocycles. The number of fused-ring (bicyclic) bond motifs is 1. The minimum atomic E-state index is -0.367. The van der Waals surface area contributed by atoms with E-state index in [4.69, 9.17) is 14.3 Å². The van der Waals surface area contributed by atoms with Gasteiger partial charge in [0.15, 0.2) is 0 Å². The van der Waals surface area contributed by atoms with E-state index >= 15 is 0 Å². The van der Waals surface area contributed by atoms with Crippen LogP contribution in [0.1, 0.15) is 34.0 Å². The van der Waals surface area contributed by atoms with Crippen LogP contribution in [0, 0.1) is 0 Å². The Morgan fingerprint density at radius 2 is 2.00 bits per heavy atom. The Balaban J connectivity index is 1.96. The van der Waals surface area contributed by atoms with Crippen molar-refractivity contribution < 1.29 is 19.1 Å². The predicted molar refractivity (Wildman–Crippen MR) is 85.8 cm³/mol. The fraction of sp³-hybridized carbons (Fsp3) is 0.222. The Bertz CT molecular complexity index is 754. The maximum Gasteiger partial charge on any atom is 0.337 e. The summed E-state index contributed by atoms with van der Waals surface area (Å²) in [5, 5.41) is 4.12. The first-order chi connectivity index (χ1) is 11.2. The van der Waals surface area contributed by atoms with Crippen molar-refractivity contribution in [1.82, 2.24) is 0 Å². The van der Waals surface area contributed by atoms with Crippen molar-refractivity contribution in [2.24, 2.45) is 5.16 Å². The first kappa shape index (κ1) is 15.1. The molecule has 0 amide bonds. The molecular formula is C18H17NO4. The number of methoxy groups -OCH3 is 1. The number of carbonyl (C=O) groups is 1. The van der Waals surface area contributed by atoms with E-state index in [0.717, 1.165) is 22.6 Å². The van der Waals surface area contributed by atoms with Gasteiger partial charge in [0, 0.05) is 12.0 Å². The monoisotopic (exact) mass is 311 g/mol. The molecule has 0 fully saturated rings. The van der Waals surface area contributed by atoms with Gasteiger partial charge in [0.05, 0.1) is 18.4 Å². The smallest absolute Gasteiger partial charge is 0.337 e. The van der Waals surface area contributed by atoms with Gasteiger partial charge in [0.1, 0.15) is 19.0 Å². The summed E-state index contributed by atoms with van der Waals surface area (Å²) in [6, 6.07) is 15.0. The van der Waals surface area contributed by atoms with Crippen LogP contribution in [0.25, 0.3) is 0 Å². The van der Waals surface area contributed by atoms with Crippen molar-refractivity contribution in [3.63, 3.8) is 0 Å². The molecule has 1 aliphatic rings. The van der Waals surface area contributed by atoms with Crippen LogP contribution in [0.15, 0.2) is 53.7 Å². The molecule has 1 atom stereocenters. The second-order valence-corrected chi connectivity index (χ2v) is 5.14. The van der Waals surface area contributed by atoms with Gasteiger partial charge >= 0.3 is 5.97 Å². The summed E-state index contributed by atoms with van der Waals surface area (Å²) in [6.45, 7) is 0. The fourth-order valence-corrected chi connectivity index (χ4v) is 2.65. The zero-order chi connectivity index (χ0) is 16.2. The summed E-state index contributed by atoms with van der Waals surface area (Å²) in [5.74, 6) is 0.386. The Morgan fingerprint density at radius 1 is 1.17 bits per heavy atom. The molecule has 5 nitrogen and oxygen atoms in total. The zero-order valence-corrected chi connectivity index (χ0v) is 13.0. The highest BCUT2D eigenvalue weighted by molar-refractivity contribution is 6.03. The van der Waals surface area contributed by atoms with E-state index in [0.29, 0.717) is 12.0 Å². The molecule has 0 aliphatic carbocycles. The van der Waals surface area contributed by atoms with Crippen LogP contribution in [0.4, 0.5) is 0 Å². The normalized spacial score (nSPS) is 18.0. The average molecular weight is 311 g/mol. The lowest BCUT2D eigenvalue weighted by molar-refractivity contribution is 0.0600. The number of oxime groups is 1. The average Bonchev–Trinajstić information content (AvgIpc) is 2.61. The van der Waals surface area contributed by atoms with Crippen molar-refractivity contribution in [1.29, 1.82) is 0 Å². The molecule has 0 N–H and O–H groups in total. The van der Waals surface area contributed by atoms with E-state index in [9.17, 15) is 4.79 Å². The van der Waals surface area contributed by atoms with Crippen molar-refractivity contribution in [3.05, 3.63) is 65.2 Å². The van der Waals surface area contributed by atoms with Gasteiger partial charge in [-0.2, -0.15) is 0 Å². The van der Waals surface area contributed by atoms with Crippen molar-refractivity contribution in [2.45, 2.75) is 12.5 Å². The maximum atomic E-state index is 11.7. The quantitative estimate of drug-likeness (QED) is 0.644. The molecule has 3 rings (SSSR count). The zero-order valence-electron chi connectivity index (χ0n) is 13.0. The lowest BCUT2D eigenvalue weighted by atomic mass is 9.95. The van der Waals surface area contributed by atoms with Crippen LogP contribution >= 0.6 is 0 Å². The molecule has 0 saturated carbocycles. The molecule has 0 aromatic heterocycles. The summed E-state index contributed by atoms with van der Waals surface area (Å²) in [4.78, 5) is 16.7. The predicted octanol–water partition coefficient (Wildman–Crippen LogP) is 3.35. The highest BCUT2D eigenvalue weighted by Crippen LogP contribution is 2.35. The van der Waals surface area contributed by atoms with Gasteiger partial charge in [0.25, 0.3) is 0 Å². The second-order valence-electron chi connectivity index (χ2n) is 5.14. The molecule has 0 spiro atoms. The molecule has 0 saturated heterocycles. The largest absolute Gasteiger partial charge is 0.485 e. The van der Waals surface area contributed by atoms with Gasteiger partial charge in [-0.1, -0.05) is 29.4 Å².